The Balaban J connectivity index is 1.85. The van der Waals surface area contributed by atoms with E-state index in [-0.39, 0.29) is 0 Å². The van der Waals surface area contributed by atoms with Crippen LogP contribution in [0.2, 0.25) is 0 Å². The van der Waals surface area contributed by atoms with Crippen LogP contribution in [0.3, 0.4) is 0 Å². The van der Waals surface area contributed by atoms with Crippen molar-refractivity contribution in [3.05, 3.63) is 34.3 Å². The molecule has 100 valence electrons. The van der Waals surface area contributed by atoms with Gasteiger partial charge in [0.2, 0.25) is 0 Å². The molecule has 18 heavy (non-hydrogen) atoms. The van der Waals surface area contributed by atoms with E-state index in [0.29, 0.717) is 11.5 Å². The van der Waals surface area contributed by atoms with Gasteiger partial charge in [-0.3, -0.25) is 0 Å². The Morgan fingerprint density at radius 1 is 1.39 bits per heavy atom. The molecule has 0 bridgehead atoms. The monoisotopic (exact) mass is 311 g/mol. The Bertz CT molecular complexity index is 390. The van der Waals surface area contributed by atoms with Crippen LogP contribution in [0.15, 0.2) is 28.7 Å². The fourth-order valence-corrected chi connectivity index (χ4v) is 2.94. The zero-order valence-electron chi connectivity index (χ0n) is 11.2. The van der Waals surface area contributed by atoms with Crippen LogP contribution in [-0.4, -0.2) is 20.3 Å². The van der Waals surface area contributed by atoms with Gasteiger partial charge in [-0.15, -0.1) is 0 Å². The molecule has 1 aliphatic carbocycles. The Kier molecular flexibility index (Phi) is 4.82. The largest absolute Gasteiger partial charge is 0.385 e. The Hall–Kier alpha value is -0.380. The van der Waals surface area contributed by atoms with Crippen molar-refractivity contribution in [3.63, 3.8) is 0 Å². The lowest BCUT2D eigenvalue weighted by molar-refractivity contribution is 0.170. The molecular formula is C15H22BrNO. The Morgan fingerprint density at radius 2 is 2.11 bits per heavy atom. The van der Waals surface area contributed by atoms with Crippen LogP contribution < -0.4 is 5.32 Å². The highest BCUT2D eigenvalue weighted by atomic mass is 79.9. The zero-order chi connectivity index (χ0) is 13.0. The number of methoxy groups -OCH3 is 1. The molecule has 1 aliphatic rings. The number of ether oxygens (including phenoxy) is 1. The summed E-state index contributed by atoms with van der Waals surface area (Å²) in [5, 5.41) is 3.67. The first-order chi connectivity index (χ1) is 8.67. The number of nitrogens with one attached hydrogen (secondary N) is 1. The minimum Gasteiger partial charge on any atom is -0.385 e. The van der Waals surface area contributed by atoms with Crippen molar-refractivity contribution < 1.29 is 4.74 Å². The van der Waals surface area contributed by atoms with Gasteiger partial charge in [0.25, 0.3) is 0 Å². The molecule has 0 radical (unpaired) electrons. The lowest BCUT2D eigenvalue weighted by Crippen LogP contribution is -2.27. The number of benzene rings is 1. The summed E-state index contributed by atoms with van der Waals surface area (Å²) in [6.07, 6.45) is 3.86. The van der Waals surface area contributed by atoms with E-state index in [1.165, 1.54) is 29.3 Å². The predicted molar refractivity (Wildman–Crippen MR) is 78.7 cm³/mol. The van der Waals surface area contributed by atoms with Gasteiger partial charge < -0.3 is 10.1 Å². The van der Waals surface area contributed by atoms with Crippen molar-refractivity contribution in [2.45, 2.75) is 32.2 Å². The van der Waals surface area contributed by atoms with Crippen LogP contribution in [0.5, 0.6) is 0 Å². The molecule has 0 aliphatic heterocycles. The third-order valence-electron chi connectivity index (χ3n) is 3.95. The van der Waals surface area contributed by atoms with E-state index in [0.717, 1.165) is 13.2 Å². The van der Waals surface area contributed by atoms with E-state index in [1.807, 2.05) is 0 Å². The topological polar surface area (TPSA) is 21.3 Å². The quantitative estimate of drug-likeness (QED) is 0.824. The molecule has 0 amide bonds. The van der Waals surface area contributed by atoms with Crippen LogP contribution in [0.25, 0.3) is 0 Å². The van der Waals surface area contributed by atoms with Crippen LogP contribution in [0.4, 0.5) is 0 Å². The van der Waals surface area contributed by atoms with E-state index >= 15 is 0 Å². The first kappa shape index (κ1) is 14.0. The van der Waals surface area contributed by atoms with E-state index in [2.05, 4.69) is 52.4 Å². The van der Waals surface area contributed by atoms with E-state index in [4.69, 9.17) is 4.74 Å². The third-order valence-corrected chi connectivity index (χ3v) is 4.67. The van der Waals surface area contributed by atoms with Gasteiger partial charge in [0.05, 0.1) is 0 Å². The molecule has 1 saturated carbocycles. The molecule has 0 spiro atoms. The third kappa shape index (κ3) is 3.56. The average Bonchev–Trinajstić information content (AvgIpc) is 3.15. The summed E-state index contributed by atoms with van der Waals surface area (Å²) in [5.41, 5.74) is 1.84. The number of hydrogen-bond donors (Lipinski definition) is 1. The van der Waals surface area contributed by atoms with Gasteiger partial charge in [0.1, 0.15) is 0 Å². The van der Waals surface area contributed by atoms with Gasteiger partial charge in [0.15, 0.2) is 0 Å². The smallest absolute Gasteiger partial charge is 0.0468 e. The maximum atomic E-state index is 5.19. The van der Waals surface area contributed by atoms with E-state index < -0.39 is 0 Å². The minimum absolute atomic E-state index is 0.389. The molecule has 2 rings (SSSR count). The lowest BCUT2D eigenvalue weighted by Gasteiger charge is -2.21. The summed E-state index contributed by atoms with van der Waals surface area (Å²) in [5.74, 6) is 0. The van der Waals surface area contributed by atoms with Crippen molar-refractivity contribution in [1.82, 2.24) is 5.32 Å². The van der Waals surface area contributed by atoms with Crippen molar-refractivity contribution >= 4 is 15.9 Å². The normalized spacial score (nSPS) is 18.6. The molecule has 1 aromatic rings. The number of rotatable bonds is 7. The van der Waals surface area contributed by atoms with Crippen molar-refractivity contribution in [2.75, 3.05) is 20.3 Å². The maximum Gasteiger partial charge on any atom is 0.0468 e. The van der Waals surface area contributed by atoms with Crippen LogP contribution in [0, 0.1) is 5.41 Å². The van der Waals surface area contributed by atoms with Crippen molar-refractivity contribution in [3.8, 4) is 0 Å². The van der Waals surface area contributed by atoms with E-state index in [9.17, 15) is 0 Å². The van der Waals surface area contributed by atoms with Gasteiger partial charge in [-0.1, -0.05) is 34.1 Å². The second-order valence-electron chi connectivity index (χ2n) is 5.37. The number of halogens is 1. The van der Waals surface area contributed by atoms with Gasteiger partial charge in [-0.05, 0) is 43.2 Å². The first-order valence-corrected chi connectivity index (χ1v) is 7.43. The highest BCUT2D eigenvalue weighted by Gasteiger charge is 2.41. The van der Waals surface area contributed by atoms with Gasteiger partial charge >= 0.3 is 0 Å². The fraction of sp³-hybridized carbons (Fsp3) is 0.600. The van der Waals surface area contributed by atoms with Gasteiger partial charge in [-0.2, -0.15) is 0 Å². The Morgan fingerprint density at radius 3 is 2.72 bits per heavy atom. The summed E-state index contributed by atoms with van der Waals surface area (Å²) < 4.78 is 6.38. The van der Waals surface area contributed by atoms with Gasteiger partial charge in [0, 0.05) is 30.8 Å². The summed E-state index contributed by atoms with van der Waals surface area (Å²) in [6, 6.07) is 8.82. The summed E-state index contributed by atoms with van der Waals surface area (Å²) in [4.78, 5) is 0. The molecule has 2 nitrogen and oxygen atoms in total. The lowest BCUT2D eigenvalue weighted by atomic mass is 10.0. The summed E-state index contributed by atoms with van der Waals surface area (Å²) in [6.45, 7) is 4.20. The molecule has 1 aromatic carbocycles. The molecule has 1 atom stereocenters. The molecule has 0 aromatic heterocycles. The molecule has 3 heteroatoms. The van der Waals surface area contributed by atoms with Gasteiger partial charge in [-0.25, -0.2) is 0 Å². The molecule has 1 N–H and O–H groups in total. The summed E-state index contributed by atoms with van der Waals surface area (Å²) in [7, 11) is 1.78. The fourth-order valence-electron chi connectivity index (χ4n) is 2.32. The zero-order valence-corrected chi connectivity index (χ0v) is 12.8. The first-order valence-electron chi connectivity index (χ1n) is 6.64. The highest BCUT2D eigenvalue weighted by Crippen LogP contribution is 2.48. The average molecular weight is 312 g/mol. The SMILES string of the molecule is COCCC1(CNC(C)c2ccccc2Br)CC1. The van der Waals surface area contributed by atoms with Crippen LogP contribution in [0.1, 0.15) is 37.8 Å². The molecule has 0 heterocycles. The molecular weight excluding hydrogens is 290 g/mol. The van der Waals surface area contributed by atoms with Crippen molar-refractivity contribution in [2.24, 2.45) is 5.41 Å². The molecule has 1 unspecified atom stereocenters. The van der Waals surface area contributed by atoms with Crippen molar-refractivity contribution in [1.29, 1.82) is 0 Å². The maximum absolute atomic E-state index is 5.19. The highest BCUT2D eigenvalue weighted by molar-refractivity contribution is 9.10. The Labute approximate surface area is 118 Å². The van der Waals surface area contributed by atoms with Crippen LogP contribution in [-0.2, 0) is 4.74 Å². The van der Waals surface area contributed by atoms with E-state index in [1.54, 1.807) is 7.11 Å². The second kappa shape index (κ2) is 6.18. The molecule has 1 fully saturated rings. The minimum atomic E-state index is 0.389. The number of hydrogen-bond acceptors (Lipinski definition) is 2. The second-order valence-corrected chi connectivity index (χ2v) is 6.22. The summed E-state index contributed by atoms with van der Waals surface area (Å²) >= 11 is 3.61. The molecule has 0 saturated heterocycles. The predicted octanol–water partition coefficient (Wildman–Crippen LogP) is 3.92. The standard InChI is InChI=1S/C15H22BrNO/c1-12(13-5-3-4-6-14(13)16)17-11-15(7-8-15)9-10-18-2/h3-6,12,17H,7-11H2,1-2H3. The van der Waals surface area contributed by atoms with Crippen LogP contribution >= 0.6 is 15.9 Å².